The molecule has 0 radical (unpaired) electrons. The van der Waals surface area contributed by atoms with Crippen LogP contribution in [0.3, 0.4) is 0 Å². The average Bonchev–Trinajstić information content (AvgIpc) is 2.42. The third-order valence-electron chi connectivity index (χ3n) is 2.74. The Kier molecular flexibility index (Phi) is 4.09. The monoisotopic (exact) mass is 282 g/mol. The maximum atomic E-state index is 13.9. The normalized spacial score (nSPS) is 10.4. The number of nitrogens with zero attached hydrogens (tertiary/aromatic N) is 2. The smallest absolute Gasteiger partial charge is 0.178 e. The van der Waals surface area contributed by atoms with Crippen LogP contribution in [0.1, 0.15) is 6.92 Å². The Morgan fingerprint density at radius 1 is 1.20 bits per heavy atom. The largest absolute Gasteiger partial charge is 0.324 e. The first-order chi connectivity index (χ1) is 9.56. The third-order valence-corrected chi connectivity index (χ3v) is 2.74. The Morgan fingerprint density at radius 2 is 1.95 bits per heavy atom. The van der Waals surface area contributed by atoms with Gasteiger partial charge in [0, 0.05) is 18.3 Å². The number of benzene rings is 1. The van der Waals surface area contributed by atoms with Gasteiger partial charge in [0.05, 0.1) is 0 Å². The van der Waals surface area contributed by atoms with Crippen molar-refractivity contribution in [2.75, 3.05) is 16.9 Å². The minimum absolute atomic E-state index is 0.132. The van der Waals surface area contributed by atoms with Gasteiger partial charge in [-0.1, -0.05) is 6.07 Å². The molecule has 0 saturated carbocycles. The van der Waals surface area contributed by atoms with E-state index in [1.807, 2.05) is 0 Å². The lowest BCUT2D eigenvalue weighted by molar-refractivity contribution is 0.574. The van der Waals surface area contributed by atoms with Gasteiger partial charge in [0.2, 0.25) is 0 Å². The van der Waals surface area contributed by atoms with E-state index in [1.165, 1.54) is 23.1 Å². The van der Waals surface area contributed by atoms with E-state index < -0.39 is 17.5 Å². The molecule has 0 saturated heterocycles. The first-order valence-electron chi connectivity index (χ1n) is 5.92. The third kappa shape index (κ3) is 2.67. The standard InChI is InChI=1S/C13H13F3N4/c1-2-20(9-5-3-4-8(14)6-9)13-11(16)7-10(15)12(18-13)19-17/h3-7H,2,17H2,1H3,(H,18,19). The van der Waals surface area contributed by atoms with Crippen LogP contribution in [-0.4, -0.2) is 11.5 Å². The van der Waals surface area contributed by atoms with E-state index in [4.69, 9.17) is 5.84 Å². The zero-order valence-corrected chi connectivity index (χ0v) is 10.7. The SMILES string of the molecule is CCN(c1cccc(F)c1)c1nc(NN)c(F)cc1F. The first kappa shape index (κ1) is 14.1. The molecular weight excluding hydrogens is 269 g/mol. The summed E-state index contributed by atoms with van der Waals surface area (Å²) in [4.78, 5) is 5.20. The number of hydrogen-bond donors (Lipinski definition) is 2. The van der Waals surface area contributed by atoms with Gasteiger partial charge in [-0.05, 0) is 25.1 Å². The Hall–Kier alpha value is -2.28. The molecular formula is C13H13F3N4. The van der Waals surface area contributed by atoms with Crippen LogP contribution in [0.25, 0.3) is 0 Å². The summed E-state index contributed by atoms with van der Waals surface area (Å²) >= 11 is 0. The van der Waals surface area contributed by atoms with E-state index >= 15 is 0 Å². The summed E-state index contributed by atoms with van der Waals surface area (Å²) in [5.74, 6) is 2.50. The number of aromatic nitrogens is 1. The summed E-state index contributed by atoms with van der Waals surface area (Å²) in [5.41, 5.74) is 2.46. The molecule has 3 N–H and O–H groups in total. The molecule has 0 amide bonds. The first-order valence-corrected chi connectivity index (χ1v) is 5.92. The highest BCUT2D eigenvalue weighted by Gasteiger charge is 2.18. The maximum Gasteiger partial charge on any atom is 0.178 e. The highest BCUT2D eigenvalue weighted by molar-refractivity contribution is 5.62. The van der Waals surface area contributed by atoms with Gasteiger partial charge in [-0.25, -0.2) is 24.0 Å². The van der Waals surface area contributed by atoms with Gasteiger partial charge in [0.25, 0.3) is 0 Å². The molecule has 0 aliphatic heterocycles. The minimum Gasteiger partial charge on any atom is -0.324 e. The molecule has 106 valence electrons. The average molecular weight is 282 g/mol. The molecule has 0 bridgehead atoms. The van der Waals surface area contributed by atoms with Gasteiger partial charge in [-0.15, -0.1) is 0 Å². The quantitative estimate of drug-likeness (QED) is 0.668. The van der Waals surface area contributed by atoms with Crippen molar-refractivity contribution in [3.8, 4) is 0 Å². The molecule has 4 nitrogen and oxygen atoms in total. The second kappa shape index (κ2) is 5.79. The number of nitrogens with two attached hydrogens (primary N) is 1. The van der Waals surface area contributed by atoms with E-state index in [-0.39, 0.29) is 11.6 Å². The van der Waals surface area contributed by atoms with Crippen molar-refractivity contribution in [2.24, 2.45) is 5.84 Å². The van der Waals surface area contributed by atoms with Gasteiger partial charge in [0.1, 0.15) is 5.82 Å². The minimum atomic E-state index is -0.899. The van der Waals surface area contributed by atoms with Crippen LogP contribution in [-0.2, 0) is 0 Å². The summed E-state index contributed by atoms with van der Waals surface area (Å²) in [6.45, 7) is 2.06. The summed E-state index contributed by atoms with van der Waals surface area (Å²) in [6.07, 6.45) is 0. The van der Waals surface area contributed by atoms with Crippen LogP contribution in [0.2, 0.25) is 0 Å². The Morgan fingerprint density at radius 3 is 2.55 bits per heavy atom. The number of nitrogens with one attached hydrogen (secondary N) is 1. The maximum absolute atomic E-state index is 13.9. The van der Waals surface area contributed by atoms with Crippen LogP contribution in [0.4, 0.5) is 30.5 Å². The predicted octanol–water partition coefficient (Wildman–Crippen LogP) is 2.94. The van der Waals surface area contributed by atoms with Gasteiger partial charge >= 0.3 is 0 Å². The molecule has 2 rings (SSSR count). The summed E-state index contributed by atoms with van der Waals surface area (Å²) < 4.78 is 40.5. The van der Waals surface area contributed by atoms with Crippen LogP contribution in [0, 0.1) is 17.5 Å². The number of pyridine rings is 1. The fourth-order valence-electron chi connectivity index (χ4n) is 1.85. The molecule has 2 aromatic rings. The second-order valence-electron chi connectivity index (χ2n) is 3.99. The van der Waals surface area contributed by atoms with E-state index in [0.29, 0.717) is 18.3 Å². The number of hydrogen-bond acceptors (Lipinski definition) is 4. The number of hydrazine groups is 1. The number of nitrogen functional groups attached to an aromatic ring is 1. The van der Waals surface area contributed by atoms with E-state index in [2.05, 4.69) is 10.4 Å². The predicted molar refractivity (Wildman–Crippen MR) is 71.0 cm³/mol. The van der Waals surface area contributed by atoms with Crippen molar-refractivity contribution < 1.29 is 13.2 Å². The van der Waals surface area contributed by atoms with E-state index in [1.54, 1.807) is 13.0 Å². The molecule has 1 aromatic heterocycles. The van der Waals surface area contributed by atoms with Crippen LogP contribution in [0.15, 0.2) is 30.3 Å². The molecule has 0 spiro atoms. The van der Waals surface area contributed by atoms with Crippen molar-refractivity contribution >= 4 is 17.3 Å². The molecule has 7 heteroatoms. The Balaban J connectivity index is 2.52. The van der Waals surface area contributed by atoms with Crippen LogP contribution in [0.5, 0.6) is 0 Å². The van der Waals surface area contributed by atoms with Crippen molar-refractivity contribution in [2.45, 2.75) is 6.92 Å². The zero-order chi connectivity index (χ0) is 14.7. The fourth-order valence-corrected chi connectivity index (χ4v) is 1.85. The van der Waals surface area contributed by atoms with E-state index in [9.17, 15) is 13.2 Å². The number of rotatable bonds is 4. The summed E-state index contributed by atoms with van der Waals surface area (Å²) in [5, 5.41) is 0. The van der Waals surface area contributed by atoms with Crippen molar-refractivity contribution in [3.63, 3.8) is 0 Å². The zero-order valence-electron chi connectivity index (χ0n) is 10.7. The molecule has 1 aromatic carbocycles. The topological polar surface area (TPSA) is 54.2 Å². The lowest BCUT2D eigenvalue weighted by Gasteiger charge is -2.23. The molecule has 0 unspecified atom stereocenters. The van der Waals surface area contributed by atoms with Crippen LogP contribution < -0.4 is 16.2 Å². The van der Waals surface area contributed by atoms with E-state index in [0.717, 1.165) is 0 Å². The summed E-state index contributed by atoms with van der Waals surface area (Å²) in [7, 11) is 0. The Bertz CT molecular complexity index is 619. The highest BCUT2D eigenvalue weighted by atomic mass is 19.1. The number of anilines is 3. The van der Waals surface area contributed by atoms with Crippen molar-refractivity contribution in [1.82, 2.24) is 4.98 Å². The van der Waals surface area contributed by atoms with Gasteiger partial charge in [-0.3, -0.25) is 0 Å². The van der Waals surface area contributed by atoms with Crippen molar-refractivity contribution in [1.29, 1.82) is 0 Å². The fraction of sp³-hybridized carbons (Fsp3) is 0.154. The Labute approximate surface area is 114 Å². The molecule has 0 fully saturated rings. The highest BCUT2D eigenvalue weighted by Crippen LogP contribution is 2.28. The molecule has 1 heterocycles. The lowest BCUT2D eigenvalue weighted by Crippen LogP contribution is -2.21. The van der Waals surface area contributed by atoms with Gasteiger partial charge in [0.15, 0.2) is 23.3 Å². The molecule has 0 aliphatic carbocycles. The van der Waals surface area contributed by atoms with Crippen LogP contribution >= 0.6 is 0 Å². The molecule has 0 aliphatic rings. The second-order valence-corrected chi connectivity index (χ2v) is 3.99. The van der Waals surface area contributed by atoms with Gasteiger partial charge < -0.3 is 10.3 Å². The van der Waals surface area contributed by atoms with Crippen molar-refractivity contribution in [3.05, 3.63) is 47.8 Å². The number of halogens is 3. The summed E-state index contributed by atoms with van der Waals surface area (Å²) in [6, 6.07) is 6.30. The molecule has 0 atom stereocenters. The molecule has 20 heavy (non-hydrogen) atoms. The lowest BCUT2D eigenvalue weighted by atomic mass is 10.2. The van der Waals surface area contributed by atoms with Gasteiger partial charge in [-0.2, -0.15) is 0 Å².